The van der Waals surface area contributed by atoms with Crippen LogP contribution in [0.25, 0.3) is 0 Å². The van der Waals surface area contributed by atoms with Crippen molar-refractivity contribution >= 4 is 11.7 Å². The molecule has 120 valence electrons. The van der Waals surface area contributed by atoms with Gasteiger partial charge in [-0.15, -0.1) is 0 Å². The highest BCUT2D eigenvalue weighted by atomic mass is 16.5. The molecule has 4 rings (SSSR count). The van der Waals surface area contributed by atoms with Crippen LogP contribution in [0.3, 0.4) is 0 Å². The average molecular weight is 317 g/mol. The Morgan fingerprint density at radius 2 is 1.50 bits per heavy atom. The number of allylic oxidation sites excluding steroid dienone is 1. The first-order chi connectivity index (χ1) is 11.7. The van der Waals surface area contributed by atoms with Crippen LogP contribution in [0.2, 0.25) is 0 Å². The second-order valence-corrected chi connectivity index (χ2v) is 6.47. The molecule has 3 nitrogen and oxygen atoms in total. The van der Waals surface area contributed by atoms with E-state index in [0.717, 1.165) is 47.4 Å². The van der Waals surface area contributed by atoms with E-state index < -0.39 is 0 Å². The summed E-state index contributed by atoms with van der Waals surface area (Å²) in [5.74, 6) is -0.244. The molecule has 0 amide bonds. The second kappa shape index (κ2) is 5.75. The van der Waals surface area contributed by atoms with E-state index >= 15 is 0 Å². The Kier molecular flexibility index (Phi) is 3.57. The highest BCUT2D eigenvalue weighted by molar-refractivity contribution is 6.13. The van der Waals surface area contributed by atoms with Crippen molar-refractivity contribution in [3.8, 4) is 0 Å². The molecular weight excluding hydrogens is 298 g/mol. The smallest absolute Gasteiger partial charge is 0.335 e. The van der Waals surface area contributed by atoms with Gasteiger partial charge in [0, 0.05) is 16.5 Å². The van der Waals surface area contributed by atoms with Crippen LogP contribution < -0.4 is 0 Å². The van der Waals surface area contributed by atoms with E-state index in [1.807, 2.05) is 36.4 Å². The Hall–Kier alpha value is -2.68. The predicted octanol–water partition coefficient (Wildman–Crippen LogP) is 4.14. The number of rotatable bonds is 4. The molecule has 3 heteroatoms. The summed E-state index contributed by atoms with van der Waals surface area (Å²) in [5.41, 5.74) is 4.82. The molecule has 0 N–H and O–H groups in total. The van der Waals surface area contributed by atoms with Gasteiger partial charge in [-0.25, -0.2) is 4.79 Å². The molecular formula is C21H19NO2. The summed E-state index contributed by atoms with van der Waals surface area (Å²) in [6, 6.07) is 20.3. The Labute approximate surface area is 141 Å². The Morgan fingerprint density at radius 3 is 1.96 bits per heavy atom. The Morgan fingerprint density at radius 1 is 0.958 bits per heavy atom. The first kappa shape index (κ1) is 14.9. The van der Waals surface area contributed by atoms with E-state index in [9.17, 15) is 4.79 Å². The number of ether oxygens (including phenoxy) is 1. The molecule has 0 bridgehead atoms. The van der Waals surface area contributed by atoms with Gasteiger partial charge < -0.3 is 4.74 Å². The highest BCUT2D eigenvalue weighted by Gasteiger charge is 2.56. The number of aliphatic imine (C=N–C) groups is 1. The van der Waals surface area contributed by atoms with Gasteiger partial charge in [-0.3, -0.25) is 4.99 Å². The lowest BCUT2D eigenvalue weighted by Gasteiger charge is -2.30. The first-order valence-electron chi connectivity index (χ1n) is 8.25. The zero-order valence-corrected chi connectivity index (χ0v) is 13.7. The number of methoxy groups -OCH3 is 1. The zero-order chi connectivity index (χ0) is 16.6. The largest absolute Gasteiger partial charge is 0.466 e. The van der Waals surface area contributed by atoms with Crippen molar-refractivity contribution in [2.45, 2.75) is 19.3 Å². The average Bonchev–Trinajstić information content (AvgIpc) is 3.44. The summed E-state index contributed by atoms with van der Waals surface area (Å²) < 4.78 is 4.93. The lowest BCUT2D eigenvalue weighted by molar-refractivity contribution is -0.137. The zero-order valence-electron chi connectivity index (χ0n) is 13.7. The molecule has 0 aromatic heterocycles. The van der Waals surface area contributed by atoms with E-state index in [0.29, 0.717) is 0 Å². The van der Waals surface area contributed by atoms with E-state index in [-0.39, 0.29) is 11.4 Å². The van der Waals surface area contributed by atoms with Gasteiger partial charge in [-0.2, -0.15) is 0 Å². The number of hydrogen-bond donors (Lipinski definition) is 0. The number of carbonyl (C=O) groups excluding carboxylic acids is 1. The van der Waals surface area contributed by atoms with Gasteiger partial charge >= 0.3 is 5.97 Å². The Bertz CT molecular complexity index is 789. The molecule has 1 fully saturated rings. The Balaban J connectivity index is 1.85. The van der Waals surface area contributed by atoms with Crippen LogP contribution in [-0.2, 0) is 9.53 Å². The number of esters is 1. The molecule has 2 aliphatic rings. The standard InChI is InChI=1S/C21H19NO2/c1-24-20(23)17-14-21(12-13-21)19(17)22-18(15-8-4-2-5-9-15)16-10-6-3-7-11-16/h2-11H,12-14H2,1H3. The SMILES string of the molecule is COC(=O)C1=C(N=C(c2ccccc2)c2ccccc2)C2(CC2)C1. The predicted molar refractivity (Wildman–Crippen MR) is 93.8 cm³/mol. The summed E-state index contributed by atoms with van der Waals surface area (Å²) in [6.45, 7) is 0. The first-order valence-corrected chi connectivity index (χ1v) is 8.25. The fourth-order valence-corrected chi connectivity index (χ4v) is 3.36. The molecule has 0 saturated heterocycles. The van der Waals surface area contributed by atoms with Crippen molar-refractivity contribution in [3.05, 3.63) is 83.1 Å². The van der Waals surface area contributed by atoms with Crippen molar-refractivity contribution in [1.82, 2.24) is 0 Å². The summed E-state index contributed by atoms with van der Waals surface area (Å²) in [4.78, 5) is 17.0. The molecule has 0 heterocycles. The van der Waals surface area contributed by atoms with Crippen LogP contribution in [0.5, 0.6) is 0 Å². The minimum atomic E-state index is -0.244. The van der Waals surface area contributed by atoms with Crippen LogP contribution >= 0.6 is 0 Å². The second-order valence-electron chi connectivity index (χ2n) is 6.47. The van der Waals surface area contributed by atoms with Crippen LogP contribution in [0.15, 0.2) is 76.9 Å². The van der Waals surface area contributed by atoms with Crippen molar-refractivity contribution in [2.24, 2.45) is 10.4 Å². The van der Waals surface area contributed by atoms with Gasteiger partial charge in [0.05, 0.1) is 24.1 Å². The maximum atomic E-state index is 12.0. The quantitative estimate of drug-likeness (QED) is 0.628. The highest BCUT2D eigenvalue weighted by Crippen LogP contribution is 2.64. The lowest BCUT2D eigenvalue weighted by Crippen LogP contribution is -2.26. The number of carbonyl (C=O) groups is 1. The van der Waals surface area contributed by atoms with Gasteiger partial charge in [0.25, 0.3) is 0 Å². The summed E-state index contributed by atoms with van der Waals surface area (Å²) in [6.07, 6.45) is 3.03. The number of hydrogen-bond acceptors (Lipinski definition) is 3. The molecule has 0 atom stereocenters. The van der Waals surface area contributed by atoms with Crippen LogP contribution in [0.4, 0.5) is 0 Å². The third-order valence-electron chi connectivity index (χ3n) is 4.91. The molecule has 2 aromatic carbocycles. The minimum Gasteiger partial charge on any atom is -0.466 e. The van der Waals surface area contributed by atoms with Gasteiger partial charge in [-0.05, 0) is 19.3 Å². The van der Waals surface area contributed by atoms with Crippen LogP contribution in [0.1, 0.15) is 30.4 Å². The summed E-state index contributed by atoms with van der Waals surface area (Å²) in [7, 11) is 1.43. The van der Waals surface area contributed by atoms with Crippen LogP contribution in [-0.4, -0.2) is 18.8 Å². The summed E-state index contributed by atoms with van der Waals surface area (Å²) in [5, 5.41) is 0. The number of benzene rings is 2. The number of nitrogens with zero attached hydrogens (tertiary/aromatic N) is 1. The van der Waals surface area contributed by atoms with Gasteiger partial charge in [0.15, 0.2) is 0 Å². The third kappa shape index (κ3) is 2.46. The molecule has 1 saturated carbocycles. The fraction of sp³-hybridized carbons (Fsp3) is 0.238. The third-order valence-corrected chi connectivity index (χ3v) is 4.91. The van der Waals surface area contributed by atoms with E-state index in [1.54, 1.807) is 0 Å². The van der Waals surface area contributed by atoms with Crippen molar-refractivity contribution in [2.75, 3.05) is 7.11 Å². The molecule has 0 radical (unpaired) electrons. The maximum absolute atomic E-state index is 12.0. The van der Waals surface area contributed by atoms with E-state index in [4.69, 9.17) is 9.73 Å². The van der Waals surface area contributed by atoms with E-state index in [2.05, 4.69) is 24.3 Å². The summed E-state index contributed by atoms with van der Waals surface area (Å²) >= 11 is 0. The molecule has 24 heavy (non-hydrogen) atoms. The van der Waals surface area contributed by atoms with E-state index in [1.165, 1.54) is 7.11 Å². The molecule has 0 aliphatic heterocycles. The molecule has 0 unspecified atom stereocenters. The van der Waals surface area contributed by atoms with Crippen molar-refractivity contribution in [3.63, 3.8) is 0 Å². The normalized spacial score (nSPS) is 17.2. The minimum absolute atomic E-state index is 0.123. The van der Waals surface area contributed by atoms with Gasteiger partial charge in [-0.1, -0.05) is 60.7 Å². The van der Waals surface area contributed by atoms with Crippen LogP contribution in [0, 0.1) is 5.41 Å². The van der Waals surface area contributed by atoms with Crippen molar-refractivity contribution < 1.29 is 9.53 Å². The topological polar surface area (TPSA) is 38.7 Å². The molecule has 1 spiro atoms. The maximum Gasteiger partial charge on any atom is 0.335 e. The fourth-order valence-electron chi connectivity index (χ4n) is 3.36. The lowest BCUT2D eigenvalue weighted by atomic mass is 9.79. The van der Waals surface area contributed by atoms with Gasteiger partial charge in [0.2, 0.25) is 0 Å². The van der Waals surface area contributed by atoms with Crippen molar-refractivity contribution in [1.29, 1.82) is 0 Å². The van der Waals surface area contributed by atoms with Gasteiger partial charge in [0.1, 0.15) is 0 Å². The monoisotopic (exact) mass is 317 g/mol. The molecule has 2 aromatic rings. The molecule has 2 aliphatic carbocycles.